The van der Waals surface area contributed by atoms with Gasteiger partial charge in [-0.2, -0.15) is 18.4 Å². The average molecular weight is 418 g/mol. The number of hydrogen-bond acceptors (Lipinski definition) is 3. The van der Waals surface area contributed by atoms with Crippen LogP contribution in [0.25, 0.3) is 10.4 Å². The second-order valence-electron chi connectivity index (χ2n) is 8.21. The number of amides is 1. The van der Waals surface area contributed by atoms with Crippen LogP contribution in [-0.2, 0) is 11.0 Å². The molecule has 0 radical (unpaired) electrons. The van der Waals surface area contributed by atoms with Crippen LogP contribution in [0, 0.1) is 42.9 Å². The molecule has 1 N–H and O–H groups in total. The highest BCUT2D eigenvalue weighted by molar-refractivity contribution is 7.20. The van der Waals surface area contributed by atoms with Gasteiger partial charge in [-0.3, -0.25) is 4.79 Å². The first-order valence-electron chi connectivity index (χ1n) is 9.71. The first kappa shape index (κ1) is 20.0. The number of carbonyl (C=O) groups excluding carboxylic acids is 1. The summed E-state index contributed by atoms with van der Waals surface area (Å²) in [5.74, 6) is 0.439. The molecule has 1 heterocycles. The van der Waals surface area contributed by atoms with Gasteiger partial charge in [-0.05, 0) is 56.1 Å². The number of nitrogens with one attached hydrogen (secondary N) is 1. The first-order chi connectivity index (χ1) is 13.7. The minimum atomic E-state index is -4.69. The molecule has 2 aromatic rings. The van der Waals surface area contributed by atoms with Gasteiger partial charge in [-0.25, -0.2) is 0 Å². The van der Waals surface area contributed by atoms with Crippen molar-refractivity contribution in [2.24, 2.45) is 17.8 Å². The number of anilines is 1. The lowest BCUT2D eigenvalue weighted by Gasteiger charge is -2.20. The summed E-state index contributed by atoms with van der Waals surface area (Å²) >= 11 is 0.846. The van der Waals surface area contributed by atoms with E-state index >= 15 is 0 Å². The topological polar surface area (TPSA) is 52.9 Å². The molecule has 1 aromatic heterocycles. The van der Waals surface area contributed by atoms with Crippen LogP contribution in [-0.4, -0.2) is 5.91 Å². The standard InChI is InChI=1S/C22H21F3N2OS/c1-11-3-4-12(2)15(7-11)19-18(22(23,24)25)17(10-26)21(29-19)27-20(28)16-9-13-5-6-14(16)8-13/h3-4,7,13-14,16H,5-6,8-9H2,1-2H3,(H,27,28)/t13-,14+,16+/m0/s1. The zero-order chi connectivity index (χ0) is 20.9. The van der Waals surface area contributed by atoms with Gasteiger partial charge in [-0.15, -0.1) is 11.3 Å². The fourth-order valence-electron chi connectivity index (χ4n) is 4.84. The van der Waals surface area contributed by atoms with Crippen molar-refractivity contribution in [2.75, 3.05) is 5.32 Å². The molecule has 29 heavy (non-hydrogen) atoms. The van der Waals surface area contributed by atoms with Crippen LogP contribution in [0.15, 0.2) is 18.2 Å². The number of thiophene rings is 1. The normalized spacial score (nSPS) is 23.2. The zero-order valence-corrected chi connectivity index (χ0v) is 17.0. The van der Waals surface area contributed by atoms with Gasteiger partial charge >= 0.3 is 6.18 Å². The van der Waals surface area contributed by atoms with Crippen molar-refractivity contribution < 1.29 is 18.0 Å². The highest BCUT2D eigenvalue weighted by Crippen LogP contribution is 2.51. The van der Waals surface area contributed by atoms with Crippen molar-refractivity contribution in [2.45, 2.75) is 45.7 Å². The fourth-order valence-corrected chi connectivity index (χ4v) is 6.09. The van der Waals surface area contributed by atoms with Crippen molar-refractivity contribution in [3.05, 3.63) is 40.5 Å². The minimum Gasteiger partial charge on any atom is -0.316 e. The van der Waals surface area contributed by atoms with Gasteiger partial charge in [0, 0.05) is 5.92 Å². The first-order valence-corrected chi connectivity index (χ1v) is 10.5. The van der Waals surface area contributed by atoms with E-state index in [-0.39, 0.29) is 21.7 Å². The lowest BCUT2D eigenvalue weighted by molar-refractivity contribution is -0.137. The summed E-state index contributed by atoms with van der Waals surface area (Å²) in [5.41, 5.74) is 0.520. The smallest absolute Gasteiger partial charge is 0.316 e. The predicted octanol–water partition coefficient (Wildman–Crippen LogP) is 6.30. The SMILES string of the molecule is Cc1ccc(C)c(-c2sc(NC(=O)[C@@H]3C[C@H]4CC[C@@H]3C4)c(C#N)c2C(F)(F)F)c1. The molecule has 0 unspecified atom stereocenters. The number of aryl methyl sites for hydroxylation is 2. The number of carbonyl (C=O) groups is 1. The Bertz CT molecular complexity index is 1020. The number of nitriles is 1. The lowest BCUT2D eigenvalue weighted by Crippen LogP contribution is -2.27. The van der Waals surface area contributed by atoms with Crippen LogP contribution in [0.4, 0.5) is 18.2 Å². The third-order valence-electron chi connectivity index (χ3n) is 6.25. The Morgan fingerprint density at radius 2 is 2.00 bits per heavy atom. The number of hydrogen-bond donors (Lipinski definition) is 1. The Morgan fingerprint density at radius 1 is 1.24 bits per heavy atom. The van der Waals surface area contributed by atoms with Crippen LogP contribution in [0.3, 0.4) is 0 Å². The van der Waals surface area contributed by atoms with E-state index in [0.717, 1.165) is 42.6 Å². The molecule has 3 nitrogen and oxygen atoms in total. The number of alkyl halides is 3. The second kappa shape index (κ2) is 7.17. The van der Waals surface area contributed by atoms with E-state index in [0.29, 0.717) is 23.0 Å². The molecule has 2 fully saturated rings. The van der Waals surface area contributed by atoms with E-state index in [4.69, 9.17) is 0 Å². The molecular formula is C22H21F3N2OS. The third-order valence-corrected chi connectivity index (χ3v) is 7.39. The average Bonchev–Trinajstić information content (AvgIpc) is 3.36. The van der Waals surface area contributed by atoms with Gasteiger partial charge in [0.1, 0.15) is 11.1 Å². The summed E-state index contributed by atoms with van der Waals surface area (Å²) in [7, 11) is 0. The van der Waals surface area contributed by atoms with Crippen molar-refractivity contribution in [3.8, 4) is 16.5 Å². The monoisotopic (exact) mass is 418 g/mol. The van der Waals surface area contributed by atoms with Crippen LogP contribution >= 0.6 is 11.3 Å². The van der Waals surface area contributed by atoms with Crippen LogP contribution in [0.1, 0.15) is 47.9 Å². The summed E-state index contributed by atoms with van der Waals surface area (Å²) in [6.45, 7) is 3.56. The van der Waals surface area contributed by atoms with E-state index < -0.39 is 17.3 Å². The van der Waals surface area contributed by atoms with E-state index in [9.17, 15) is 23.2 Å². The quantitative estimate of drug-likeness (QED) is 0.636. The molecule has 0 spiro atoms. The molecule has 2 aliphatic carbocycles. The largest absolute Gasteiger partial charge is 0.419 e. The Kier molecular flexibility index (Phi) is 4.94. The van der Waals surface area contributed by atoms with Crippen LogP contribution < -0.4 is 5.32 Å². The minimum absolute atomic E-state index is 0.00324. The Balaban J connectivity index is 1.77. The molecule has 2 bridgehead atoms. The molecule has 2 aliphatic rings. The van der Waals surface area contributed by atoms with Gasteiger partial charge in [0.05, 0.1) is 16.0 Å². The summed E-state index contributed by atoms with van der Waals surface area (Å²) in [6, 6.07) is 7.00. The van der Waals surface area contributed by atoms with Gasteiger partial charge in [0.15, 0.2) is 0 Å². The van der Waals surface area contributed by atoms with E-state index in [1.165, 1.54) is 0 Å². The van der Waals surface area contributed by atoms with Crippen molar-refractivity contribution in [1.29, 1.82) is 5.26 Å². The van der Waals surface area contributed by atoms with Gasteiger partial charge in [-0.1, -0.05) is 30.2 Å². The van der Waals surface area contributed by atoms with Gasteiger partial charge < -0.3 is 5.32 Å². The molecule has 7 heteroatoms. The molecule has 0 saturated heterocycles. The maximum absolute atomic E-state index is 13.9. The van der Waals surface area contributed by atoms with Crippen molar-refractivity contribution in [1.82, 2.24) is 0 Å². The third kappa shape index (κ3) is 3.55. The van der Waals surface area contributed by atoms with Gasteiger partial charge in [0.25, 0.3) is 0 Å². The van der Waals surface area contributed by atoms with E-state index in [1.807, 2.05) is 13.0 Å². The van der Waals surface area contributed by atoms with Crippen molar-refractivity contribution >= 4 is 22.2 Å². The molecular weight excluding hydrogens is 397 g/mol. The highest BCUT2D eigenvalue weighted by atomic mass is 32.1. The Labute approximate surface area is 171 Å². The van der Waals surface area contributed by atoms with E-state index in [1.54, 1.807) is 25.1 Å². The zero-order valence-electron chi connectivity index (χ0n) is 16.2. The molecule has 1 amide bonds. The predicted molar refractivity (Wildman–Crippen MR) is 107 cm³/mol. The summed E-state index contributed by atoms with van der Waals surface area (Å²) in [6.07, 6.45) is -0.747. The molecule has 0 aliphatic heterocycles. The maximum Gasteiger partial charge on any atom is 0.419 e. The Morgan fingerprint density at radius 3 is 2.59 bits per heavy atom. The fraction of sp³-hybridized carbons (Fsp3) is 0.455. The maximum atomic E-state index is 13.9. The number of fused-ring (bicyclic) bond motifs is 2. The molecule has 2 saturated carbocycles. The van der Waals surface area contributed by atoms with Crippen LogP contribution in [0.2, 0.25) is 0 Å². The molecule has 152 valence electrons. The number of nitrogens with zero attached hydrogens (tertiary/aromatic N) is 1. The summed E-state index contributed by atoms with van der Waals surface area (Å²) in [4.78, 5) is 12.8. The number of halogens is 3. The number of benzene rings is 1. The molecule has 3 atom stereocenters. The lowest BCUT2D eigenvalue weighted by atomic mass is 9.88. The summed E-state index contributed by atoms with van der Waals surface area (Å²) in [5, 5.41) is 12.2. The molecule has 1 aromatic carbocycles. The van der Waals surface area contributed by atoms with Gasteiger partial charge in [0.2, 0.25) is 5.91 Å². The highest BCUT2D eigenvalue weighted by Gasteiger charge is 2.44. The van der Waals surface area contributed by atoms with Crippen molar-refractivity contribution in [3.63, 3.8) is 0 Å². The summed E-state index contributed by atoms with van der Waals surface area (Å²) < 4.78 is 41.8. The van der Waals surface area contributed by atoms with Crippen LogP contribution in [0.5, 0.6) is 0 Å². The molecule has 4 rings (SSSR count). The van der Waals surface area contributed by atoms with E-state index in [2.05, 4.69) is 5.32 Å². The second-order valence-corrected chi connectivity index (χ2v) is 9.23. The number of rotatable bonds is 3. The Hall–Kier alpha value is -2.33.